The molecular weight excluding hydrogens is 186 g/mol. The summed E-state index contributed by atoms with van der Waals surface area (Å²) in [6.07, 6.45) is 2.08. The predicted octanol–water partition coefficient (Wildman–Crippen LogP) is 3.01. The average Bonchev–Trinajstić information content (AvgIpc) is 2.10. The first-order valence-electron chi connectivity index (χ1n) is 6.14. The zero-order valence-electron chi connectivity index (χ0n) is 11.1. The number of nitrogens with one attached hydrogen (secondary N) is 1. The SMILES string of the molecule is CC(C)CC[C@H](NC(C)C)C(=O)C(C)C. The van der Waals surface area contributed by atoms with Gasteiger partial charge in [-0.05, 0) is 18.8 Å². The van der Waals surface area contributed by atoms with Crippen LogP contribution in [0.1, 0.15) is 54.4 Å². The molecule has 90 valence electrons. The lowest BCUT2D eigenvalue weighted by molar-refractivity contribution is -0.124. The van der Waals surface area contributed by atoms with Crippen molar-refractivity contribution in [2.75, 3.05) is 0 Å². The summed E-state index contributed by atoms with van der Waals surface area (Å²) in [5.74, 6) is 1.15. The van der Waals surface area contributed by atoms with E-state index in [4.69, 9.17) is 0 Å². The maximum atomic E-state index is 11.9. The number of carbonyl (C=O) groups excluding carboxylic acids is 1. The average molecular weight is 213 g/mol. The summed E-state index contributed by atoms with van der Waals surface area (Å²) in [6.45, 7) is 12.5. The van der Waals surface area contributed by atoms with Crippen molar-refractivity contribution in [3.05, 3.63) is 0 Å². The topological polar surface area (TPSA) is 29.1 Å². The van der Waals surface area contributed by atoms with Crippen molar-refractivity contribution >= 4 is 5.78 Å². The Labute approximate surface area is 94.8 Å². The third-order valence-corrected chi connectivity index (χ3v) is 2.48. The summed E-state index contributed by atoms with van der Waals surface area (Å²) in [5.41, 5.74) is 0. The van der Waals surface area contributed by atoms with Crippen LogP contribution in [0.2, 0.25) is 0 Å². The molecule has 0 aromatic rings. The van der Waals surface area contributed by atoms with Crippen molar-refractivity contribution in [3.63, 3.8) is 0 Å². The fourth-order valence-electron chi connectivity index (χ4n) is 1.61. The first kappa shape index (κ1) is 14.6. The number of Topliss-reactive ketones (excluding diaryl/α,β-unsaturated/α-hetero) is 1. The number of hydrogen-bond acceptors (Lipinski definition) is 2. The van der Waals surface area contributed by atoms with Crippen LogP contribution in [-0.2, 0) is 4.79 Å². The first-order chi connectivity index (χ1) is 6.84. The highest BCUT2D eigenvalue weighted by atomic mass is 16.1. The van der Waals surface area contributed by atoms with E-state index in [1.54, 1.807) is 0 Å². The minimum atomic E-state index is 0.0485. The van der Waals surface area contributed by atoms with Gasteiger partial charge in [-0.3, -0.25) is 4.79 Å². The van der Waals surface area contributed by atoms with E-state index in [-0.39, 0.29) is 12.0 Å². The van der Waals surface area contributed by atoms with Gasteiger partial charge in [-0.15, -0.1) is 0 Å². The van der Waals surface area contributed by atoms with Crippen molar-refractivity contribution in [2.45, 2.75) is 66.5 Å². The fourth-order valence-corrected chi connectivity index (χ4v) is 1.61. The summed E-state index contributed by atoms with van der Waals surface area (Å²) < 4.78 is 0. The Hall–Kier alpha value is -0.370. The molecule has 0 aliphatic rings. The maximum Gasteiger partial charge on any atom is 0.152 e. The number of rotatable bonds is 7. The van der Waals surface area contributed by atoms with Crippen LogP contribution in [-0.4, -0.2) is 17.9 Å². The van der Waals surface area contributed by atoms with Crippen molar-refractivity contribution in [1.29, 1.82) is 0 Å². The van der Waals surface area contributed by atoms with Crippen LogP contribution in [0.5, 0.6) is 0 Å². The van der Waals surface area contributed by atoms with Gasteiger partial charge in [0.05, 0.1) is 6.04 Å². The number of carbonyl (C=O) groups is 1. The van der Waals surface area contributed by atoms with E-state index < -0.39 is 0 Å². The Bertz CT molecular complexity index is 185. The lowest BCUT2D eigenvalue weighted by atomic mass is 9.94. The molecule has 0 aromatic carbocycles. The van der Waals surface area contributed by atoms with Gasteiger partial charge in [0.15, 0.2) is 5.78 Å². The molecule has 0 unspecified atom stereocenters. The molecule has 15 heavy (non-hydrogen) atoms. The van der Waals surface area contributed by atoms with Gasteiger partial charge >= 0.3 is 0 Å². The van der Waals surface area contributed by atoms with E-state index >= 15 is 0 Å². The van der Waals surface area contributed by atoms with Gasteiger partial charge in [-0.2, -0.15) is 0 Å². The molecule has 2 heteroatoms. The van der Waals surface area contributed by atoms with Gasteiger partial charge in [0.2, 0.25) is 0 Å². The lowest BCUT2D eigenvalue weighted by Crippen LogP contribution is -2.42. The van der Waals surface area contributed by atoms with Crippen LogP contribution >= 0.6 is 0 Å². The van der Waals surface area contributed by atoms with Crippen molar-refractivity contribution in [3.8, 4) is 0 Å². The third kappa shape index (κ3) is 6.67. The van der Waals surface area contributed by atoms with E-state index in [0.717, 1.165) is 12.8 Å². The van der Waals surface area contributed by atoms with Crippen LogP contribution in [0.4, 0.5) is 0 Å². The molecule has 0 aromatic heterocycles. The third-order valence-electron chi connectivity index (χ3n) is 2.48. The highest BCUT2D eigenvalue weighted by Crippen LogP contribution is 2.11. The van der Waals surface area contributed by atoms with Crippen LogP contribution in [0, 0.1) is 11.8 Å². The predicted molar refractivity (Wildman–Crippen MR) is 66.0 cm³/mol. The van der Waals surface area contributed by atoms with Crippen LogP contribution in [0.15, 0.2) is 0 Å². The molecule has 0 rings (SSSR count). The smallest absolute Gasteiger partial charge is 0.152 e. The van der Waals surface area contributed by atoms with Crippen LogP contribution in [0.3, 0.4) is 0 Å². The molecule has 0 aliphatic heterocycles. The molecule has 0 fully saturated rings. The molecule has 0 saturated heterocycles. The summed E-state index contributed by atoms with van der Waals surface area (Å²) in [4.78, 5) is 11.9. The van der Waals surface area contributed by atoms with E-state index in [2.05, 4.69) is 33.0 Å². The van der Waals surface area contributed by atoms with Gasteiger partial charge in [0.1, 0.15) is 0 Å². The molecule has 0 amide bonds. The van der Waals surface area contributed by atoms with Crippen LogP contribution in [0.25, 0.3) is 0 Å². The number of hydrogen-bond donors (Lipinski definition) is 1. The monoisotopic (exact) mass is 213 g/mol. The Morgan fingerprint density at radius 2 is 1.53 bits per heavy atom. The summed E-state index contributed by atoms with van der Waals surface area (Å²) in [6, 6.07) is 0.428. The second kappa shape index (κ2) is 7.00. The first-order valence-corrected chi connectivity index (χ1v) is 6.14. The second-order valence-electron chi connectivity index (χ2n) is 5.40. The Morgan fingerprint density at radius 3 is 1.87 bits per heavy atom. The van der Waals surface area contributed by atoms with Crippen molar-refractivity contribution in [1.82, 2.24) is 5.32 Å². The Balaban J connectivity index is 4.24. The molecule has 2 nitrogen and oxygen atoms in total. The fraction of sp³-hybridized carbons (Fsp3) is 0.923. The summed E-state index contributed by atoms with van der Waals surface area (Å²) >= 11 is 0. The highest BCUT2D eigenvalue weighted by molar-refractivity contribution is 5.85. The van der Waals surface area contributed by atoms with Crippen molar-refractivity contribution < 1.29 is 4.79 Å². The molecule has 1 atom stereocenters. The van der Waals surface area contributed by atoms with Crippen LogP contribution < -0.4 is 5.32 Å². The van der Waals surface area contributed by atoms with E-state index in [1.807, 2.05) is 13.8 Å². The Kier molecular flexibility index (Phi) is 6.82. The molecule has 0 bridgehead atoms. The Morgan fingerprint density at radius 1 is 1.00 bits per heavy atom. The number of ketones is 1. The largest absolute Gasteiger partial charge is 0.305 e. The zero-order valence-corrected chi connectivity index (χ0v) is 11.1. The molecule has 0 radical (unpaired) electrons. The molecule has 1 N–H and O–H groups in total. The zero-order chi connectivity index (χ0) is 12.0. The van der Waals surface area contributed by atoms with E-state index in [1.165, 1.54) is 0 Å². The standard InChI is InChI=1S/C13H27NO/c1-9(2)7-8-12(14-11(5)6)13(15)10(3)4/h9-12,14H,7-8H2,1-6H3/t12-/m0/s1. The minimum absolute atomic E-state index is 0.0485. The summed E-state index contributed by atoms with van der Waals surface area (Å²) in [5, 5.41) is 3.37. The van der Waals surface area contributed by atoms with Gasteiger partial charge in [0, 0.05) is 12.0 Å². The van der Waals surface area contributed by atoms with Crippen molar-refractivity contribution in [2.24, 2.45) is 11.8 Å². The second-order valence-corrected chi connectivity index (χ2v) is 5.40. The minimum Gasteiger partial charge on any atom is -0.305 e. The lowest BCUT2D eigenvalue weighted by Gasteiger charge is -2.22. The maximum absolute atomic E-state index is 11.9. The highest BCUT2D eigenvalue weighted by Gasteiger charge is 2.21. The van der Waals surface area contributed by atoms with Gasteiger partial charge in [-0.1, -0.05) is 41.5 Å². The summed E-state index contributed by atoms with van der Waals surface area (Å²) in [7, 11) is 0. The molecule has 0 spiro atoms. The molecular formula is C13H27NO. The van der Waals surface area contributed by atoms with Gasteiger partial charge < -0.3 is 5.32 Å². The molecule has 0 heterocycles. The van der Waals surface area contributed by atoms with E-state index in [0.29, 0.717) is 17.7 Å². The molecule has 0 aliphatic carbocycles. The molecule has 0 saturated carbocycles. The van der Waals surface area contributed by atoms with E-state index in [9.17, 15) is 4.79 Å². The quantitative estimate of drug-likeness (QED) is 0.704. The van der Waals surface area contributed by atoms with Gasteiger partial charge in [-0.25, -0.2) is 0 Å². The normalized spacial score (nSPS) is 13.9. The van der Waals surface area contributed by atoms with Gasteiger partial charge in [0.25, 0.3) is 0 Å².